The van der Waals surface area contributed by atoms with E-state index in [2.05, 4.69) is 0 Å². The van der Waals surface area contributed by atoms with E-state index in [1.165, 1.54) is 47.4 Å². The quantitative estimate of drug-likeness (QED) is 0.630. The first-order valence-electron chi connectivity index (χ1n) is 8.54. The van der Waals surface area contributed by atoms with E-state index < -0.39 is 0 Å². The van der Waals surface area contributed by atoms with Gasteiger partial charge in [-0.1, -0.05) is 0 Å². The van der Waals surface area contributed by atoms with Crippen molar-refractivity contribution in [1.29, 1.82) is 0 Å². The molecule has 0 atom stereocenters. The fourth-order valence-electron chi connectivity index (χ4n) is 2.97. The Balaban J connectivity index is 1.94. The van der Waals surface area contributed by atoms with Crippen molar-refractivity contribution in [3.63, 3.8) is 0 Å². The summed E-state index contributed by atoms with van der Waals surface area (Å²) in [5, 5.41) is 1.86. The van der Waals surface area contributed by atoms with Crippen LogP contribution in [-0.4, -0.2) is 22.4 Å². The van der Waals surface area contributed by atoms with Crippen molar-refractivity contribution in [3.8, 4) is 17.0 Å². The van der Waals surface area contributed by atoms with E-state index in [4.69, 9.17) is 9.72 Å². The van der Waals surface area contributed by atoms with Gasteiger partial charge in [0.05, 0.1) is 11.6 Å². The number of aromatic nitrogens is 2. The maximum atomic E-state index is 13.9. The zero-order chi connectivity index (χ0) is 18.3. The van der Waals surface area contributed by atoms with Gasteiger partial charge in [-0.3, -0.25) is 4.79 Å². The Kier molecular flexibility index (Phi) is 4.44. The highest BCUT2D eigenvalue weighted by molar-refractivity contribution is 7.98. The smallest absolute Gasteiger partial charge is 0.258 e. The van der Waals surface area contributed by atoms with Crippen molar-refractivity contribution in [2.45, 2.75) is 17.9 Å². The average Bonchev–Trinajstić information content (AvgIpc) is 3.47. The lowest BCUT2D eigenvalue weighted by molar-refractivity contribution is 0.299. The van der Waals surface area contributed by atoms with Crippen molar-refractivity contribution < 1.29 is 9.13 Å². The number of ether oxygens (including phenoxy) is 1. The predicted octanol–water partition coefficient (Wildman–Crippen LogP) is 4.25. The normalized spacial score (nSPS) is 14.0. The molecule has 1 aliphatic carbocycles. The van der Waals surface area contributed by atoms with Crippen LogP contribution < -0.4 is 10.3 Å². The van der Waals surface area contributed by atoms with Crippen molar-refractivity contribution >= 4 is 22.5 Å². The zero-order valence-electron chi connectivity index (χ0n) is 14.7. The monoisotopic (exact) mass is 370 g/mol. The van der Waals surface area contributed by atoms with E-state index in [1.807, 2.05) is 18.4 Å². The molecule has 3 aromatic rings. The second-order valence-corrected chi connectivity index (χ2v) is 7.43. The summed E-state index contributed by atoms with van der Waals surface area (Å²) in [6.45, 7) is 0.658. The molecule has 2 heterocycles. The Hall–Kier alpha value is -2.34. The molecule has 1 saturated carbocycles. The molecule has 0 N–H and O–H groups in total. The van der Waals surface area contributed by atoms with Gasteiger partial charge in [-0.25, -0.2) is 9.37 Å². The first-order valence-corrected chi connectivity index (χ1v) is 9.76. The number of fused-ring (bicyclic) bond motifs is 1. The Morgan fingerprint density at radius 3 is 2.81 bits per heavy atom. The molecule has 0 bridgehead atoms. The van der Waals surface area contributed by atoms with Crippen LogP contribution in [0.5, 0.6) is 5.75 Å². The van der Waals surface area contributed by atoms with Gasteiger partial charge in [0.25, 0.3) is 5.56 Å². The van der Waals surface area contributed by atoms with Crippen molar-refractivity contribution in [2.24, 2.45) is 13.0 Å². The van der Waals surface area contributed by atoms with E-state index in [-0.39, 0.29) is 11.4 Å². The largest absolute Gasteiger partial charge is 0.491 e. The SMILES string of the molecule is CSc1ccc(OCC2CC2)c(-c2cn(C)c(=O)c3ccc(F)cc23)n1. The van der Waals surface area contributed by atoms with E-state index in [9.17, 15) is 9.18 Å². The molecule has 0 unspecified atom stereocenters. The summed E-state index contributed by atoms with van der Waals surface area (Å²) >= 11 is 1.53. The predicted molar refractivity (Wildman–Crippen MR) is 102 cm³/mol. The average molecular weight is 370 g/mol. The lowest BCUT2D eigenvalue weighted by Gasteiger charge is -2.14. The van der Waals surface area contributed by atoms with E-state index >= 15 is 0 Å². The molecule has 1 aromatic carbocycles. The first-order chi connectivity index (χ1) is 12.6. The summed E-state index contributed by atoms with van der Waals surface area (Å²) in [5.74, 6) is 0.893. The van der Waals surface area contributed by atoms with E-state index in [0.717, 1.165) is 5.03 Å². The van der Waals surface area contributed by atoms with Gasteiger partial charge >= 0.3 is 0 Å². The van der Waals surface area contributed by atoms with E-state index in [1.54, 1.807) is 13.2 Å². The minimum atomic E-state index is -0.381. The molecule has 6 heteroatoms. The van der Waals surface area contributed by atoms with Crippen molar-refractivity contribution in [3.05, 3.63) is 52.7 Å². The Morgan fingerprint density at radius 2 is 2.08 bits per heavy atom. The van der Waals surface area contributed by atoms with Gasteiger partial charge in [0.2, 0.25) is 0 Å². The second-order valence-electron chi connectivity index (χ2n) is 6.60. The van der Waals surface area contributed by atoms with Gasteiger partial charge in [-0.15, -0.1) is 11.8 Å². The Morgan fingerprint density at radius 1 is 1.27 bits per heavy atom. The minimum absolute atomic E-state index is 0.162. The third kappa shape index (κ3) is 3.21. The highest BCUT2D eigenvalue weighted by Crippen LogP contribution is 2.36. The summed E-state index contributed by atoms with van der Waals surface area (Å²) in [5.41, 5.74) is 1.18. The molecule has 1 fully saturated rings. The molecule has 0 amide bonds. The van der Waals surface area contributed by atoms with Gasteiger partial charge in [-0.05, 0) is 55.3 Å². The molecule has 4 rings (SSSR count). The van der Waals surface area contributed by atoms with Gasteiger partial charge in [-0.2, -0.15) is 0 Å². The highest BCUT2D eigenvalue weighted by Gasteiger charge is 2.23. The Bertz CT molecular complexity index is 1040. The highest BCUT2D eigenvalue weighted by atomic mass is 32.2. The van der Waals surface area contributed by atoms with Gasteiger partial charge in [0.15, 0.2) is 0 Å². The number of benzene rings is 1. The third-order valence-electron chi connectivity index (χ3n) is 4.61. The lowest BCUT2D eigenvalue weighted by atomic mass is 10.0. The van der Waals surface area contributed by atoms with Crippen molar-refractivity contribution in [2.75, 3.05) is 12.9 Å². The van der Waals surface area contributed by atoms with Gasteiger partial charge in [0, 0.05) is 29.6 Å². The summed E-state index contributed by atoms with van der Waals surface area (Å²) in [6.07, 6.45) is 6.05. The number of rotatable bonds is 5. The first kappa shape index (κ1) is 17.1. The molecule has 0 spiro atoms. The molecule has 1 aliphatic rings. The van der Waals surface area contributed by atoms with Crippen LogP contribution in [0.2, 0.25) is 0 Å². The molecule has 4 nitrogen and oxygen atoms in total. The molecule has 134 valence electrons. The maximum absolute atomic E-state index is 13.9. The molecular formula is C20H19FN2O2S. The third-order valence-corrected chi connectivity index (χ3v) is 5.26. The lowest BCUT2D eigenvalue weighted by Crippen LogP contribution is -2.17. The fraction of sp³-hybridized carbons (Fsp3) is 0.300. The maximum Gasteiger partial charge on any atom is 0.258 e. The van der Waals surface area contributed by atoms with Crippen LogP contribution in [0, 0.1) is 11.7 Å². The molecule has 2 aromatic heterocycles. The van der Waals surface area contributed by atoms with Crippen LogP contribution in [0.3, 0.4) is 0 Å². The minimum Gasteiger partial charge on any atom is -0.491 e. The van der Waals surface area contributed by atoms with Crippen molar-refractivity contribution in [1.82, 2.24) is 9.55 Å². The summed E-state index contributed by atoms with van der Waals surface area (Å²) in [7, 11) is 1.69. The molecule has 0 aliphatic heterocycles. The molecule has 26 heavy (non-hydrogen) atoms. The number of hydrogen-bond acceptors (Lipinski definition) is 4. The second kappa shape index (κ2) is 6.76. The summed E-state index contributed by atoms with van der Waals surface area (Å²) in [6, 6.07) is 8.06. The van der Waals surface area contributed by atoms with Gasteiger partial charge in [0.1, 0.15) is 17.3 Å². The zero-order valence-corrected chi connectivity index (χ0v) is 15.5. The fourth-order valence-corrected chi connectivity index (χ4v) is 3.36. The number of nitrogens with zero attached hydrogens (tertiary/aromatic N) is 2. The van der Waals surface area contributed by atoms with Crippen LogP contribution in [0.1, 0.15) is 12.8 Å². The number of halogens is 1. The number of thioether (sulfide) groups is 1. The van der Waals surface area contributed by atoms with Crippen LogP contribution in [0.15, 0.2) is 46.3 Å². The van der Waals surface area contributed by atoms with Crippen LogP contribution in [-0.2, 0) is 7.05 Å². The standard InChI is InChI=1S/C20H19FN2O2S/c1-23-10-16(15-9-13(21)5-6-14(15)20(23)24)19-17(25-11-12-3-4-12)7-8-18(22-19)26-2/h5-10,12H,3-4,11H2,1-2H3. The van der Waals surface area contributed by atoms with Crippen LogP contribution in [0.25, 0.3) is 22.0 Å². The number of pyridine rings is 2. The number of aryl methyl sites for hydroxylation is 1. The van der Waals surface area contributed by atoms with Crippen LogP contribution in [0.4, 0.5) is 4.39 Å². The van der Waals surface area contributed by atoms with Gasteiger partial charge < -0.3 is 9.30 Å². The van der Waals surface area contributed by atoms with E-state index in [0.29, 0.717) is 40.3 Å². The number of hydrogen-bond donors (Lipinski definition) is 0. The molecule has 0 saturated heterocycles. The molecule has 0 radical (unpaired) electrons. The Labute approximate surface area is 155 Å². The summed E-state index contributed by atoms with van der Waals surface area (Å²) < 4.78 is 21.4. The topological polar surface area (TPSA) is 44.1 Å². The summed E-state index contributed by atoms with van der Waals surface area (Å²) in [4.78, 5) is 17.1. The van der Waals surface area contributed by atoms with Crippen LogP contribution >= 0.6 is 11.8 Å². The molecular weight excluding hydrogens is 351 g/mol.